The molecule has 3 N–H and O–H groups in total. The van der Waals surface area contributed by atoms with Gasteiger partial charge in [-0.1, -0.05) is 0 Å². The Labute approximate surface area is 79.8 Å². The Morgan fingerprint density at radius 1 is 1.46 bits per heavy atom. The fourth-order valence-electron chi connectivity index (χ4n) is 0.627. The summed E-state index contributed by atoms with van der Waals surface area (Å²) < 4.78 is 11.6. The van der Waals surface area contributed by atoms with Crippen LogP contribution in [0.1, 0.15) is 0 Å². The molecule has 0 heterocycles. The molecule has 78 valence electrons. The summed E-state index contributed by atoms with van der Waals surface area (Å²) in [7, 11) is 0. The molecule has 0 spiro atoms. The Bertz CT molecular complexity index is 155. The van der Waals surface area contributed by atoms with Crippen LogP contribution in [-0.2, 0) is 4.79 Å². The van der Waals surface area contributed by atoms with E-state index in [0.29, 0.717) is 0 Å². The second kappa shape index (κ2) is 7.25. The maximum absolute atomic E-state index is 11.6. The van der Waals surface area contributed by atoms with Crippen LogP contribution < -0.4 is 0 Å². The maximum atomic E-state index is 11.6. The van der Waals surface area contributed by atoms with Crippen molar-refractivity contribution in [2.75, 3.05) is 24.8 Å². The van der Waals surface area contributed by atoms with E-state index in [1.165, 1.54) is 0 Å². The first-order valence-electron chi connectivity index (χ1n) is 3.77. The number of Topliss-reactive ketones (excluding diaryl/α,β-unsaturated/α-hetero) is 1. The van der Waals surface area contributed by atoms with E-state index in [-0.39, 0.29) is 11.5 Å². The van der Waals surface area contributed by atoms with Crippen molar-refractivity contribution in [3.63, 3.8) is 0 Å². The van der Waals surface area contributed by atoms with Gasteiger partial charge in [0.05, 0.1) is 19.0 Å². The van der Waals surface area contributed by atoms with Crippen molar-refractivity contribution in [2.45, 2.75) is 12.2 Å². The molecule has 6 heteroatoms. The van der Waals surface area contributed by atoms with E-state index in [9.17, 15) is 9.18 Å². The fraction of sp³-hybridized carbons (Fsp3) is 0.857. The van der Waals surface area contributed by atoms with Gasteiger partial charge in [-0.15, -0.1) is 0 Å². The summed E-state index contributed by atoms with van der Waals surface area (Å²) >= 11 is 1.04. The number of hydrogen-bond donors (Lipinski definition) is 3. The molecule has 2 atom stereocenters. The number of carbonyl (C=O) groups is 1. The number of alkyl halides is 1. The zero-order valence-corrected chi connectivity index (χ0v) is 7.84. The van der Waals surface area contributed by atoms with Crippen LogP contribution in [0.15, 0.2) is 0 Å². The van der Waals surface area contributed by atoms with Gasteiger partial charge in [-0.25, -0.2) is 0 Å². The van der Waals surface area contributed by atoms with Crippen LogP contribution >= 0.6 is 11.8 Å². The maximum Gasteiger partial charge on any atom is 0.173 e. The summed E-state index contributed by atoms with van der Waals surface area (Å²) in [6.07, 6.45) is -3.02. The molecule has 0 aromatic heterocycles. The second-order valence-electron chi connectivity index (χ2n) is 2.40. The molecular weight excluding hydrogens is 199 g/mol. The Morgan fingerprint density at radius 3 is 2.54 bits per heavy atom. The zero-order valence-electron chi connectivity index (χ0n) is 7.02. The molecule has 0 radical (unpaired) electrons. The number of rotatable bonds is 7. The minimum atomic E-state index is -1.57. The van der Waals surface area contributed by atoms with Gasteiger partial charge in [0.2, 0.25) is 0 Å². The lowest BCUT2D eigenvalue weighted by atomic mass is 10.1. The molecule has 0 rings (SSSR count). The van der Waals surface area contributed by atoms with Crippen LogP contribution in [0.2, 0.25) is 0 Å². The van der Waals surface area contributed by atoms with E-state index in [0.717, 1.165) is 11.8 Å². The van der Waals surface area contributed by atoms with Crippen LogP contribution in [0.25, 0.3) is 0 Å². The SMILES string of the molecule is O=C(CSCCF)[C@@H](O)[C@@H](O)CO. The number of hydrogen-bond acceptors (Lipinski definition) is 5. The van der Waals surface area contributed by atoms with Crippen molar-refractivity contribution < 1.29 is 24.5 Å². The highest BCUT2D eigenvalue weighted by Crippen LogP contribution is 2.04. The first-order valence-corrected chi connectivity index (χ1v) is 4.92. The van der Waals surface area contributed by atoms with Crippen LogP contribution in [0.3, 0.4) is 0 Å². The predicted octanol–water partition coefficient (Wildman–Crippen LogP) is -1.03. The average Bonchev–Trinajstić information content (AvgIpc) is 2.15. The van der Waals surface area contributed by atoms with Gasteiger partial charge in [-0.3, -0.25) is 9.18 Å². The second-order valence-corrected chi connectivity index (χ2v) is 3.51. The van der Waals surface area contributed by atoms with Crippen LogP contribution in [0.5, 0.6) is 0 Å². The number of aliphatic hydroxyl groups excluding tert-OH is 3. The predicted molar refractivity (Wildman–Crippen MR) is 47.4 cm³/mol. The monoisotopic (exact) mass is 212 g/mol. The Balaban J connectivity index is 3.69. The lowest BCUT2D eigenvalue weighted by Crippen LogP contribution is -2.37. The molecule has 0 aliphatic carbocycles. The average molecular weight is 212 g/mol. The van der Waals surface area contributed by atoms with E-state index < -0.39 is 31.3 Å². The topological polar surface area (TPSA) is 77.8 Å². The summed E-state index contributed by atoms with van der Waals surface area (Å²) in [4.78, 5) is 11.0. The highest BCUT2D eigenvalue weighted by atomic mass is 32.2. The normalized spacial score (nSPS) is 15.4. The molecule has 0 aliphatic rings. The van der Waals surface area contributed by atoms with E-state index in [1.807, 2.05) is 0 Å². The van der Waals surface area contributed by atoms with Crippen molar-refractivity contribution in [1.29, 1.82) is 0 Å². The fourth-order valence-corrected chi connectivity index (χ4v) is 1.25. The van der Waals surface area contributed by atoms with Crippen molar-refractivity contribution in [3.8, 4) is 0 Å². The summed E-state index contributed by atoms with van der Waals surface area (Å²) in [6.45, 7) is -1.20. The van der Waals surface area contributed by atoms with Crippen LogP contribution in [0, 0.1) is 0 Å². The largest absolute Gasteiger partial charge is 0.394 e. The third-order valence-electron chi connectivity index (χ3n) is 1.35. The highest BCUT2D eigenvalue weighted by molar-refractivity contribution is 7.99. The number of ketones is 1. The smallest absolute Gasteiger partial charge is 0.173 e. The van der Waals surface area contributed by atoms with Crippen molar-refractivity contribution in [3.05, 3.63) is 0 Å². The molecular formula is C7H13FO4S. The van der Waals surface area contributed by atoms with Gasteiger partial charge in [0, 0.05) is 5.75 Å². The molecule has 0 aromatic carbocycles. The van der Waals surface area contributed by atoms with Gasteiger partial charge in [-0.2, -0.15) is 11.8 Å². The molecule has 0 unspecified atom stereocenters. The molecule has 0 aliphatic heterocycles. The van der Waals surface area contributed by atoms with E-state index in [2.05, 4.69) is 0 Å². The Morgan fingerprint density at radius 2 is 2.08 bits per heavy atom. The van der Waals surface area contributed by atoms with Crippen LogP contribution in [0.4, 0.5) is 4.39 Å². The quantitative estimate of drug-likeness (QED) is 0.470. The summed E-state index contributed by atoms with van der Waals surface area (Å²) in [5.74, 6) is -0.462. The minimum Gasteiger partial charge on any atom is -0.394 e. The first kappa shape index (κ1) is 12.8. The Kier molecular flexibility index (Phi) is 7.16. The molecule has 4 nitrogen and oxygen atoms in total. The zero-order chi connectivity index (χ0) is 10.3. The molecule has 13 heavy (non-hydrogen) atoms. The number of aliphatic hydroxyl groups is 3. The van der Waals surface area contributed by atoms with Gasteiger partial charge in [0.15, 0.2) is 5.78 Å². The number of thioether (sulfide) groups is 1. The van der Waals surface area contributed by atoms with Crippen LogP contribution in [-0.4, -0.2) is 58.1 Å². The van der Waals surface area contributed by atoms with E-state index >= 15 is 0 Å². The van der Waals surface area contributed by atoms with Crippen molar-refractivity contribution in [2.24, 2.45) is 0 Å². The molecule has 0 saturated heterocycles. The van der Waals surface area contributed by atoms with E-state index in [1.54, 1.807) is 0 Å². The molecule has 0 amide bonds. The lowest BCUT2D eigenvalue weighted by Gasteiger charge is -2.13. The van der Waals surface area contributed by atoms with Crippen molar-refractivity contribution in [1.82, 2.24) is 0 Å². The molecule has 0 bridgehead atoms. The first-order chi connectivity index (χ1) is 6.13. The lowest BCUT2D eigenvalue weighted by molar-refractivity contribution is -0.131. The third-order valence-corrected chi connectivity index (χ3v) is 2.28. The number of halogens is 1. The molecule has 0 fully saturated rings. The number of carbonyl (C=O) groups excluding carboxylic acids is 1. The van der Waals surface area contributed by atoms with E-state index in [4.69, 9.17) is 15.3 Å². The highest BCUT2D eigenvalue weighted by Gasteiger charge is 2.22. The van der Waals surface area contributed by atoms with Gasteiger partial charge in [-0.05, 0) is 0 Å². The van der Waals surface area contributed by atoms with Gasteiger partial charge in [0.1, 0.15) is 12.2 Å². The summed E-state index contributed by atoms with van der Waals surface area (Å²) in [5.41, 5.74) is 0. The van der Waals surface area contributed by atoms with Gasteiger partial charge >= 0.3 is 0 Å². The molecule has 0 saturated carbocycles. The van der Waals surface area contributed by atoms with Crippen molar-refractivity contribution >= 4 is 17.5 Å². The third kappa shape index (κ3) is 5.20. The summed E-state index contributed by atoms with van der Waals surface area (Å²) in [6, 6.07) is 0. The molecule has 0 aromatic rings. The van der Waals surface area contributed by atoms with Gasteiger partial charge in [0.25, 0.3) is 0 Å². The minimum absolute atomic E-state index is 0.0534. The summed E-state index contributed by atoms with van der Waals surface area (Å²) in [5, 5.41) is 26.3. The Hall–Kier alpha value is -0.170. The van der Waals surface area contributed by atoms with Gasteiger partial charge < -0.3 is 15.3 Å². The standard InChI is InChI=1S/C7H13FO4S/c8-1-2-13-4-6(11)7(12)5(10)3-9/h5,7,9-10,12H,1-4H2/t5-,7-/m0/s1.